The van der Waals surface area contributed by atoms with Gasteiger partial charge in [-0.25, -0.2) is 4.79 Å². The number of aldehydes is 1. The molecule has 1 aliphatic heterocycles. The minimum atomic E-state index is -0.825. The van der Waals surface area contributed by atoms with Crippen molar-refractivity contribution in [3.8, 4) is 0 Å². The highest BCUT2D eigenvalue weighted by atomic mass is 16.6. The molecule has 0 radical (unpaired) electrons. The lowest BCUT2D eigenvalue weighted by Gasteiger charge is -2.36. The molecule has 1 aliphatic rings. The molecule has 210 valence electrons. The van der Waals surface area contributed by atoms with Crippen LogP contribution in [0.2, 0.25) is 0 Å². The molecule has 0 aliphatic carbocycles. The molecule has 3 amide bonds. The molecule has 0 spiro atoms. The predicted octanol–water partition coefficient (Wildman–Crippen LogP) is 4.26. The van der Waals surface area contributed by atoms with E-state index in [1.54, 1.807) is 0 Å². The van der Waals surface area contributed by atoms with Gasteiger partial charge >= 0.3 is 6.09 Å². The van der Waals surface area contributed by atoms with Crippen molar-refractivity contribution in [3.05, 3.63) is 71.3 Å². The first-order chi connectivity index (χ1) is 18.7. The van der Waals surface area contributed by atoms with E-state index in [1.165, 1.54) is 4.90 Å². The number of nitrogens with one attached hydrogen (secondary N) is 2. The summed E-state index contributed by atoms with van der Waals surface area (Å²) in [6.45, 7) is 8.56. The highest BCUT2D eigenvalue weighted by Gasteiger charge is 2.37. The Hall–Kier alpha value is -3.68. The van der Waals surface area contributed by atoms with Crippen LogP contribution >= 0.6 is 0 Å². The molecule has 3 rings (SSSR count). The zero-order valence-electron chi connectivity index (χ0n) is 23.4. The number of hydrogen-bond acceptors (Lipinski definition) is 5. The molecular formula is C31H41N3O5. The van der Waals surface area contributed by atoms with Gasteiger partial charge in [-0.15, -0.1) is 0 Å². The first-order valence-electron chi connectivity index (χ1n) is 13.7. The summed E-state index contributed by atoms with van der Waals surface area (Å²) in [4.78, 5) is 52.9. The van der Waals surface area contributed by atoms with E-state index in [9.17, 15) is 19.2 Å². The van der Waals surface area contributed by atoms with E-state index in [0.717, 1.165) is 23.0 Å². The SMILES string of the molecule is CC(C)CC(C=O)CNC(=O)[C@H](CC(C)C)NC(=O)C1Cc2ccccc2CN1C(=O)OCc1ccccc1. The van der Waals surface area contributed by atoms with E-state index >= 15 is 0 Å². The summed E-state index contributed by atoms with van der Waals surface area (Å²) in [6.07, 6.45) is 1.71. The van der Waals surface area contributed by atoms with Crippen molar-refractivity contribution >= 4 is 24.2 Å². The molecule has 0 saturated heterocycles. The highest BCUT2D eigenvalue weighted by Crippen LogP contribution is 2.25. The summed E-state index contributed by atoms with van der Waals surface area (Å²) in [7, 11) is 0. The van der Waals surface area contributed by atoms with Crippen LogP contribution in [-0.4, -0.2) is 47.7 Å². The smallest absolute Gasteiger partial charge is 0.411 e. The fourth-order valence-electron chi connectivity index (χ4n) is 4.87. The fraction of sp³-hybridized carbons (Fsp3) is 0.484. The normalized spacial score (nSPS) is 16.3. The van der Waals surface area contributed by atoms with Crippen molar-refractivity contribution in [2.24, 2.45) is 17.8 Å². The van der Waals surface area contributed by atoms with E-state index in [2.05, 4.69) is 10.6 Å². The number of nitrogens with zero attached hydrogens (tertiary/aromatic N) is 1. The molecule has 8 heteroatoms. The summed E-state index contributed by atoms with van der Waals surface area (Å²) in [5.74, 6) is -0.560. The number of hydrogen-bond donors (Lipinski definition) is 2. The molecule has 0 aromatic heterocycles. The first-order valence-corrected chi connectivity index (χ1v) is 13.7. The summed E-state index contributed by atoms with van der Waals surface area (Å²) in [6, 6.07) is 15.5. The Labute approximate surface area is 231 Å². The topological polar surface area (TPSA) is 105 Å². The van der Waals surface area contributed by atoms with Gasteiger partial charge in [-0.2, -0.15) is 0 Å². The Balaban J connectivity index is 1.74. The van der Waals surface area contributed by atoms with Crippen LogP contribution in [-0.2, 0) is 38.7 Å². The molecule has 8 nitrogen and oxygen atoms in total. The highest BCUT2D eigenvalue weighted by molar-refractivity contribution is 5.92. The van der Waals surface area contributed by atoms with Crippen molar-refractivity contribution < 1.29 is 23.9 Å². The van der Waals surface area contributed by atoms with E-state index in [0.29, 0.717) is 25.2 Å². The maximum absolute atomic E-state index is 13.6. The lowest BCUT2D eigenvalue weighted by molar-refractivity contribution is -0.132. The van der Waals surface area contributed by atoms with Gasteiger partial charge in [-0.05, 0) is 41.4 Å². The van der Waals surface area contributed by atoms with Gasteiger partial charge in [0, 0.05) is 18.9 Å². The number of benzene rings is 2. The molecular weight excluding hydrogens is 494 g/mol. The molecule has 0 saturated carbocycles. The number of amides is 3. The largest absolute Gasteiger partial charge is 0.445 e. The average Bonchev–Trinajstić information content (AvgIpc) is 2.92. The third-order valence-electron chi connectivity index (χ3n) is 6.84. The third-order valence-corrected chi connectivity index (χ3v) is 6.84. The van der Waals surface area contributed by atoms with Crippen LogP contribution < -0.4 is 10.6 Å². The van der Waals surface area contributed by atoms with Gasteiger partial charge < -0.3 is 20.2 Å². The average molecular weight is 536 g/mol. The van der Waals surface area contributed by atoms with Gasteiger partial charge in [-0.3, -0.25) is 14.5 Å². The van der Waals surface area contributed by atoms with Crippen molar-refractivity contribution in [2.45, 2.75) is 72.2 Å². The molecule has 3 atom stereocenters. The Bertz CT molecular complexity index is 1120. The first kappa shape index (κ1) is 29.9. The predicted molar refractivity (Wildman–Crippen MR) is 150 cm³/mol. The monoisotopic (exact) mass is 535 g/mol. The number of ether oxygens (including phenoxy) is 1. The molecule has 2 N–H and O–H groups in total. The summed E-state index contributed by atoms with van der Waals surface area (Å²) in [5, 5.41) is 5.75. The summed E-state index contributed by atoms with van der Waals surface area (Å²) < 4.78 is 5.58. The standard InChI is InChI=1S/C31H41N3O5/c1-21(2)14-24(19-35)17-32-29(36)27(15-22(3)4)33-30(37)28-16-25-12-8-9-13-26(25)18-34(28)31(38)39-20-23-10-6-5-7-11-23/h5-13,19,21-22,24,27-28H,14-18,20H2,1-4H3,(H,32,36)(H,33,37)/t24?,27-,28?/m0/s1. The molecule has 2 aromatic rings. The molecule has 39 heavy (non-hydrogen) atoms. The Morgan fingerprint density at radius 2 is 1.59 bits per heavy atom. The van der Waals surface area contributed by atoms with Gasteiger partial charge in [0.2, 0.25) is 11.8 Å². The van der Waals surface area contributed by atoms with Crippen LogP contribution in [0.15, 0.2) is 54.6 Å². The third kappa shape index (κ3) is 8.94. The number of fused-ring (bicyclic) bond motifs is 1. The quantitative estimate of drug-likeness (QED) is 0.395. The summed E-state index contributed by atoms with van der Waals surface area (Å²) >= 11 is 0. The van der Waals surface area contributed by atoms with Crippen LogP contribution in [0.25, 0.3) is 0 Å². The van der Waals surface area contributed by atoms with E-state index in [4.69, 9.17) is 4.74 Å². The van der Waals surface area contributed by atoms with Gasteiger partial charge in [0.05, 0.1) is 6.54 Å². The van der Waals surface area contributed by atoms with Crippen LogP contribution in [0.4, 0.5) is 4.79 Å². The second-order valence-electron chi connectivity index (χ2n) is 11.1. The van der Waals surface area contributed by atoms with E-state index in [1.807, 2.05) is 82.3 Å². The van der Waals surface area contributed by atoms with E-state index in [-0.39, 0.29) is 37.4 Å². The maximum atomic E-state index is 13.6. The Kier molecular flexibility index (Phi) is 11.1. The molecule has 0 bridgehead atoms. The molecule has 0 fully saturated rings. The fourth-order valence-corrected chi connectivity index (χ4v) is 4.87. The summed E-state index contributed by atoms with van der Waals surface area (Å²) in [5.41, 5.74) is 2.79. The zero-order valence-corrected chi connectivity index (χ0v) is 23.4. The van der Waals surface area contributed by atoms with Crippen LogP contribution in [0, 0.1) is 17.8 Å². The zero-order chi connectivity index (χ0) is 28.4. The van der Waals surface area contributed by atoms with Crippen molar-refractivity contribution in [1.29, 1.82) is 0 Å². The second kappa shape index (κ2) is 14.5. The van der Waals surface area contributed by atoms with Crippen molar-refractivity contribution in [2.75, 3.05) is 6.54 Å². The maximum Gasteiger partial charge on any atom is 0.411 e. The van der Waals surface area contributed by atoms with Crippen molar-refractivity contribution in [1.82, 2.24) is 15.5 Å². The van der Waals surface area contributed by atoms with Crippen LogP contribution in [0.5, 0.6) is 0 Å². The lowest BCUT2D eigenvalue weighted by Crippen LogP contribution is -2.57. The van der Waals surface area contributed by atoms with Crippen molar-refractivity contribution in [3.63, 3.8) is 0 Å². The minimum absolute atomic E-state index is 0.0960. The molecule has 2 aromatic carbocycles. The number of carbonyl (C=O) groups excluding carboxylic acids is 4. The Morgan fingerprint density at radius 1 is 0.949 bits per heavy atom. The molecule has 2 unspecified atom stereocenters. The van der Waals surface area contributed by atoms with Gasteiger partial charge in [0.15, 0.2) is 0 Å². The van der Waals surface area contributed by atoms with Gasteiger partial charge in [0.1, 0.15) is 25.0 Å². The second-order valence-corrected chi connectivity index (χ2v) is 11.1. The number of rotatable bonds is 12. The number of carbonyl (C=O) groups is 4. The molecule has 1 heterocycles. The van der Waals surface area contributed by atoms with Gasteiger partial charge in [0.25, 0.3) is 0 Å². The van der Waals surface area contributed by atoms with Crippen LogP contribution in [0.1, 0.15) is 57.2 Å². The van der Waals surface area contributed by atoms with Crippen LogP contribution in [0.3, 0.4) is 0 Å². The Morgan fingerprint density at radius 3 is 2.23 bits per heavy atom. The van der Waals surface area contributed by atoms with E-state index < -0.39 is 24.1 Å². The van der Waals surface area contributed by atoms with Gasteiger partial charge in [-0.1, -0.05) is 82.3 Å². The minimum Gasteiger partial charge on any atom is -0.445 e. The lowest BCUT2D eigenvalue weighted by atomic mass is 9.93.